The number of aliphatic hydroxyl groups excluding tert-OH is 1. The first kappa shape index (κ1) is 14.3. The van der Waals surface area contributed by atoms with Crippen LogP contribution in [0.2, 0.25) is 0 Å². The standard InChI is InChI=1S/C18H15N5O/c19-17-14(2-1-8-21-17)18-22-15-10-20-9-7-16(15)23(18)13-5-3-12(11-24)4-6-13/h1-10,24H,11H2,(H2,19,21). The summed E-state index contributed by atoms with van der Waals surface area (Å²) in [5, 5.41) is 9.25. The molecule has 6 heteroatoms. The van der Waals surface area contributed by atoms with Crippen molar-refractivity contribution in [2.75, 3.05) is 5.73 Å². The van der Waals surface area contributed by atoms with E-state index in [1.54, 1.807) is 18.6 Å². The van der Waals surface area contributed by atoms with Crippen molar-refractivity contribution < 1.29 is 5.11 Å². The van der Waals surface area contributed by atoms with Gasteiger partial charge in [0, 0.05) is 18.1 Å². The predicted octanol–water partition coefficient (Wildman–Crippen LogP) is 2.56. The molecule has 0 aliphatic rings. The largest absolute Gasteiger partial charge is 0.392 e. The Hall–Kier alpha value is -3.25. The van der Waals surface area contributed by atoms with E-state index in [2.05, 4.69) is 9.97 Å². The summed E-state index contributed by atoms with van der Waals surface area (Å²) in [7, 11) is 0. The lowest BCUT2D eigenvalue weighted by atomic mass is 10.2. The van der Waals surface area contributed by atoms with Crippen molar-refractivity contribution in [1.29, 1.82) is 0 Å². The molecule has 118 valence electrons. The van der Waals surface area contributed by atoms with Crippen LogP contribution in [0.5, 0.6) is 0 Å². The average molecular weight is 317 g/mol. The van der Waals surface area contributed by atoms with Crippen molar-refractivity contribution in [2.24, 2.45) is 0 Å². The zero-order valence-electron chi connectivity index (χ0n) is 12.8. The maximum Gasteiger partial charge on any atom is 0.149 e. The fourth-order valence-corrected chi connectivity index (χ4v) is 2.73. The Morgan fingerprint density at radius 1 is 1.04 bits per heavy atom. The molecule has 6 nitrogen and oxygen atoms in total. The maximum absolute atomic E-state index is 9.25. The van der Waals surface area contributed by atoms with Crippen LogP contribution in [-0.2, 0) is 6.61 Å². The number of nitrogens with zero attached hydrogens (tertiary/aromatic N) is 4. The summed E-state index contributed by atoms with van der Waals surface area (Å²) in [4.78, 5) is 13.0. The third kappa shape index (κ3) is 2.29. The van der Waals surface area contributed by atoms with E-state index in [-0.39, 0.29) is 6.61 Å². The summed E-state index contributed by atoms with van der Waals surface area (Å²) in [6.07, 6.45) is 5.12. The number of pyridine rings is 2. The van der Waals surface area contributed by atoms with Crippen molar-refractivity contribution in [2.45, 2.75) is 6.61 Å². The number of anilines is 1. The van der Waals surface area contributed by atoms with Gasteiger partial charge in [0.15, 0.2) is 0 Å². The van der Waals surface area contributed by atoms with Crippen molar-refractivity contribution >= 4 is 16.9 Å². The molecule has 0 aliphatic heterocycles. The number of hydrogen-bond donors (Lipinski definition) is 2. The molecule has 0 saturated carbocycles. The third-order valence-corrected chi connectivity index (χ3v) is 3.91. The number of benzene rings is 1. The van der Waals surface area contributed by atoms with Gasteiger partial charge in [0.05, 0.1) is 23.9 Å². The summed E-state index contributed by atoms with van der Waals surface area (Å²) in [6.45, 7) is 0.0112. The summed E-state index contributed by atoms with van der Waals surface area (Å²) in [6, 6.07) is 13.3. The predicted molar refractivity (Wildman–Crippen MR) is 92.4 cm³/mol. The van der Waals surface area contributed by atoms with Gasteiger partial charge in [0.1, 0.15) is 17.2 Å². The third-order valence-electron chi connectivity index (χ3n) is 3.91. The molecule has 1 aromatic carbocycles. The minimum Gasteiger partial charge on any atom is -0.392 e. The van der Waals surface area contributed by atoms with E-state index in [1.807, 2.05) is 47.0 Å². The quantitative estimate of drug-likeness (QED) is 0.606. The van der Waals surface area contributed by atoms with Gasteiger partial charge >= 0.3 is 0 Å². The van der Waals surface area contributed by atoms with Gasteiger partial charge in [-0.05, 0) is 35.9 Å². The molecular weight excluding hydrogens is 302 g/mol. The molecule has 3 aromatic heterocycles. The van der Waals surface area contributed by atoms with Gasteiger partial charge in [0.25, 0.3) is 0 Å². The molecule has 0 unspecified atom stereocenters. The van der Waals surface area contributed by atoms with E-state index in [0.29, 0.717) is 11.6 Å². The Morgan fingerprint density at radius 3 is 2.62 bits per heavy atom. The molecule has 0 radical (unpaired) electrons. The molecule has 4 rings (SSSR count). The average Bonchev–Trinajstić information content (AvgIpc) is 3.01. The second kappa shape index (κ2) is 5.75. The molecular formula is C18H15N5O. The van der Waals surface area contributed by atoms with Crippen molar-refractivity contribution in [3.63, 3.8) is 0 Å². The minimum atomic E-state index is 0.0112. The van der Waals surface area contributed by atoms with E-state index in [1.165, 1.54) is 0 Å². The van der Waals surface area contributed by atoms with Crippen molar-refractivity contribution in [3.8, 4) is 17.1 Å². The molecule has 24 heavy (non-hydrogen) atoms. The molecule has 3 heterocycles. The van der Waals surface area contributed by atoms with E-state index >= 15 is 0 Å². The number of nitrogen functional groups attached to an aromatic ring is 1. The lowest BCUT2D eigenvalue weighted by Crippen LogP contribution is -2.01. The van der Waals surface area contributed by atoms with Gasteiger partial charge in [-0.15, -0.1) is 0 Å². The first-order valence-electron chi connectivity index (χ1n) is 7.51. The Labute approximate surface area is 138 Å². The van der Waals surface area contributed by atoms with Crippen LogP contribution in [0.3, 0.4) is 0 Å². The van der Waals surface area contributed by atoms with Crippen LogP contribution in [0, 0.1) is 0 Å². The molecule has 0 bridgehead atoms. The van der Waals surface area contributed by atoms with Crippen molar-refractivity contribution in [1.82, 2.24) is 19.5 Å². The van der Waals surface area contributed by atoms with Crippen LogP contribution in [-0.4, -0.2) is 24.6 Å². The highest BCUT2D eigenvalue weighted by molar-refractivity contribution is 5.84. The lowest BCUT2D eigenvalue weighted by molar-refractivity contribution is 0.282. The molecule has 0 amide bonds. The van der Waals surface area contributed by atoms with E-state index in [9.17, 15) is 5.11 Å². The number of rotatable bonds is 3. The maximum atomic E-state index is 9.25. The van der Waals surface area contributed by atoms with Gasteiger partial charge < -0.3 is 10.8 Å². The molecule has 0 fully saturated rings. The second-order valence-corrected chi connectivity index (χ2v) is 5.40. The molecule has 0 atom stereocenters. The smallest absolute Gasteiger partial charge is 0.149 e. The Morgan fingerprint density at radius 2 is 1.88 bits per heavy atom. The van der Waals surface area contributed by atoms with Gasteiger partial charge in [-0.1, -0.05) is 12.1 Å². The van der Waals surface area contributed by atoms with Gasteiger partial charge in [-0.3, -0.25) is 9.55 Å². The van der Waals surface area contributed by atoms with Crippen molar-refractivity contribution in [3.05, 3.63) is 66.6 Å². The van der Waals surface area contributed by atoms with Gasteiger partial charge in [0.2, 0.25) is 0 Å². The molecule has 0 spiro atoms. The first-order chi connectivity index (χ1) is 11.8. The Kier molecular flexibility index (Phi) is 3.44. The van der Waals surface area contributed by atoms with Crippen LogP contribution in [0.25, 0.3) is 28.1 Å². The lowest BCUT2D eigenvalue weighted by Gasteiger charge is -2.11. The Balaban J connectivity index is 2.01. The normalized spacial score (nSPS) is 11.0. The zero-order chi connectivity index (χ0) is 16.5. The summed E-state index contributed by atoms with van der Waals surface area (Å²) in [5.74, 6) is 1.13. The van der Waals surface area contributed by atoms with E-state index in [0.717, 1.165) is 27.8 Å². The first-order valence-corrected chi connectivity index (χ1v) is 7.51. The molecule has 3 N–H and O–H groups in total. The molecule has 0 aliphatic carbocycles. The summed E-state index contributed by atoms with van der Waals surface area (Å²) < 4.78 is 2.02. The van der Waals surface area contributed by atoms with Crippen LogP contribution in [0.1, 0.15) is 5.56 Å². The van der Waals surface area contributed by atoms with Gasteiger partial charge in [-0.25, -0.2) is 9.97 Å². The molecule has 4 aromatic rings. The van der Waals surface area contributed by atoms with Crippen LogP contribution >= 0.6 is 0 Å². The second-order valence-electron chi connectivity index (χ2n) is 5.40. The fourth-order valence-electron chi connectivity index (χ4n) is 2.73. The number of aliphatic hydroxyl groups is 1. The number of imidazole rings is 1. The topological polar surface area (TPSA) is 89.9 Å². The number of aromatic nitrogens is 4. The van der Waals surface area contributed by atoms with Gasteiger partial charge in [-0.2, -0.15) is 0 Å². The number of fused-ring (bicyclic) bond motifs is 1. The van der Waals surface area contributed by atoms with E-state index < -0.39 is 0 Å². The highest BCUT2D eigenvalue weighted by atomic mass is 16.3. The van der Waals surface area contributed by atoms with E-state index in [4.69, 9.17) is 10.7 Å². The SMILES string of the molecule is Nc1ncccc1-c1nc2cnccc2n1-c1ccc(CO)cc1. The number of nitrogens with two attached hydrogens (primary N) is 1. The van der Waals surface area contributed by atoms with Crippen LogP contribution in [0.15, 0.2) is 61.1 Å². The molecule has 0 saturated heterocycles. The highest BCUT2D eigenvalue weighted by Crippen LogP contribution is 2.30. The summed E-state index contributed by atoms with van der Waals surface area (Å²) >= 11 is 0. The number of hydrogen-bond acceptors (Lipinski definition) is 5. The Bertz CT molecular complexity index is 1010. The fraction of sp³-hybridized carbons (Fsp3) is 0.0556. The van der Waals surface area contributed by atoms with Crippen LogP contribution < -0.4 is 5.73 Å². The van der Waals surface area contributed by atoms with Crippen LogP contribution in [0.4, 0.5) is 5.82 Å². The highest BCUT2D eigenvalue weighted by Gasteiger charge is 2.16. The monoisotopic (exact) mass is 317 g/mol. The zero-order valence-corrected chi connectivity index (χ0v) is 12.8. The summed E-state index contributed by atoms with van der Waals surface area (Å²) in [5.41, 5.74) is 10.3. The minimum absolute atomic E-state index is 0.0112.